The van der Waals surface area contributed by atoms with Crippen LogP contribution in [0.25, 0.3) is 0 Å². The van der Waals surface area contributed by atoms with E-state index in [9.17, 15) is 5.11 Å². The monoisotopic (exact) mass is 182 g/mol. The van der Waals surface area contributed by atoms with Gasteiger partial charge >= 0.3 is 0 Å². The second kappa shape index (κ2) is 4.80. The van der Waals surface area contributed by atoms with Gasteiger partial charge in [-0.15, -0.1) is 0 Å². The molecule has 0 heterocycles. The minimum Gasteiger partial charge on any atom is -0.388 e. The standard InChI is InChI=1S/C12H22O/c1-9(2)10(3)12(13)11-7-5-4-6-8-11/h7,9-10,12-13H,4-6,8H2,1-3H3. The number of aliphatic hydroxyl groups is 1. The van der Waals surface area contributed by atoms with E-state index in [-0.39, 0.29) is 6.10 Å². The summed E-state index contributed by atoms with van der Waals surface area (Å²) >= 11 is 0. The topological polar surface area (TPSA) is 20.2 Å². The van der Waals surface area contributed by atoms with Crippen LogP contribution in [0.3, 0.4) is 0 Å². The summed E-state index contributed by atoms with van der Waals surface area (Å²) in [4.78, 5) is 0. The lowest BCUT2D eigenvalue weighted by atomic mass is 9.84. The van der Waals surface area contributed by atoms with E-state index in [1.54, 1.807) is 0 Å². The van der Waals surface area contributed by atoms with Crippen molar-refractivity contribution in [1.82, 2.24) is 0 Å². The summed E-state index contributed by atoms with van der Waals surface area (Å²) in [5.41, 5.74) is 1.28. The third-order valence-corrected chi connectivity index (χ3v) is 3.26. The molecule has 2 atom stereocenters. The Bertz CT molecular complexity index is 182. The molecule has 0 saturated carbocycles. The van der Waals surface area contributed by atoms with Crippen LogP contribution >= 0.6 is 0 Å². The lowest BCUT2D eigenvalue weighted by Gasteiger charge is -2.26. The first-order valence-corrected chi connectivity index (χ1v) is 5.50. The number of rotatable bonds is 3. The molecule has 0 aromatic carbocycles. The van der Waals surface area contributed by atoms with Crippen molar-refractivity contribution in [3.8, 4) is 0 Å². The molecule has 1 heteroatoms. The molecule has 1 N–H and O–H groups in total. The minimum absolute atomic E-state index is 0.194. The zero-order chi connectivity index (χ0) is 9.84. The van der Waals surface area contributed by atoms with Crippen LogP contribution in [-0.4, -0.2) is 11.2 Å². The van der Waals surface area contributed by atoms with Crippen molar-refractivity contribution in [2.24, 2.45) is 11.8 Å². The van der Waals surface area contributed by atoms with Crippen molar-refractivity contribution >= 4 is 0 Å². The van der Waals surface area contributed by atoms with E-state index < -0.39 is 0 Å². The Balaban J connectivity index is 2.54. The fourth-order valence-electron chi connectivity index (χ4n) is 1.83. The number of hydrogen-bond acceptors (Lipinski definition) is 1. The number of allylic oxidation sites excluding steroid dienone is 1. The predicted molar refractivity (Wildman–Crippen MR) is 56.6 cm³/mol. The molecule has 1 rings (SSSR count). The fourth-order valence-corrected chi connectivity index (χ4v) is 1.83. The molecule has 0 fully saturated rings. The molecule has 1 nitrogen and oxygen atoms in total. The first-order chi connectivity index (χ1) is 6.13. The lowest BCUT2D eigenvalue weighted by molar-refractivity contribution is 0.118. The van der Waals surface area contributed by atoms with Crippen LogP contribution in [-0.2, 0) is 0 Å². The van der Waals surface area contributed by atoms with Gasteiger partial charge in [-0.3, -0.25) is 0 Å². The van der Waals surface area contributed by atoms with E-state index in [0.29, 0.717) is 11.8 Å². The molecule has 0 bridgehead atoms. The SMILES string of the molecule is CC(C)C(C)C(O)C1=CCCCC1. The third kappa shape index (κ3) is 2.84. The Hall–Kier alpha value is -0.300. The molecule has 0 radical (unpaired) electrons. The summed E-state index contributed by atoms with van der Waals surface area (Å²) in [5, 5.41) is 10.0. The smallest absolute Gasteiger partial charge is 0.0778 e. The highest BCUT2D eigenvalue weighted by Gasteiger charge is 2.21. The van der Waals surface area contributed by atoms with Gasteiger partial charge in [0.25, 0.3) is 0 Å². The molecule has 0 spiro atoms. The molecule has 0 aromatic heterocycles. The van der Waals surface area contributed by atoms with Crippen molar-refractivity contribution in [3.63, 3.8) is 0 Å². The molecule has 0 saturated heterocycles. The summed E-state index contributed by atoms with van der Waals surface area (Å²) in [5.74, 6) is 0.960. The maximum atomic E-state index is 10.0. The highest BCUT2D eigenvalue weighted by atomic mass is 16.3. The van der Waals surface area contributed by atoms with Gasteiger partial charge in [-0.05, 0) is 43.1 Å². The van der Waals surface area contributed by atoms with Gasteiger partial charge in [0.05, 0.1) is 6.10 Å². The lowest BCUT2D eigenvalue weighted by Crippen LogP contribution is -2.25. The molecule has 13 heavy (non-hydrogen) atoms. The summed E-state index contributed by atoms with van der Waals surface area (Å²) in [7, 11) is 0. The molecule has 2 unspecified atom stereocenters. The average molecular weight is 182 g/mol. The Morgan fingerprint density at radius 2 is 1.92 bits per heavy atom. The van der Waals surface area contributed by atoms with Crippen molar-refractivity contribution in [2.75, 3.05) is 0 Å². The first kappa shape index (κ1) is 10.8. The highest BCUT2D eigenvalue weighted by molar-refractivity contribution is 5.11. The van der Waals surface area contributed by atoms with Crippen LogP contribution < -0.4 is 0 Å². The van der Waals surface area contributed by atoms with E-state index in [1.165, 1.54) is 18.4 Å². The maximum Gasteiger partial charge on any atom is 0.0778 e. The molecule has 1 aliphatic carbocycles. The Labute approximate surface area is 81.9 Å². The number of aliphatic hydroxyl groups excluding tert-OH is 1. The molecule has 0 aromatic rings. The Kier molecular flexibility index (Phi) is 3.98. The van der Waals surface area contributed by atoms with Crippen molar-refractivity contribution in [3.05, 3.63) is 11.6 Å². The largest absolute Gasteiger partial charge is 0.388 e. The molecular formula is C12H22O. The van der Waals surface area contributed by atoms with Gasteiger partial charge in [-0.1, -0.05) is 26.8 Å². The van der Waals surface area contributed by atoms with Crippen molar-refractivity contribution in [1.29, 1.82) is 0 Å². The van der Waals surface area contributed by atoms with E-state index in [2.05, 4.69) is 26.8 Å². The first-order valence-electron chi connectivity index (χ1n) is 5.50. The highest BCUT2D eigenvalue weighted by Crippen LogP contribution is 2.27. The third-order valence-electron chi connectivity index (χ3n) is 3.26. The van der Waals surface area contributed by atoms with Gasteiger partial charge in [0.1, 0.15) is 0 Å². The Morgan fingerprint density at radius 1 is 1.23 bits per heavy atom. The number of hydrogen-bond donors (Lipinski definition) is 1. The minimum atomic E-state index is -0.194. The van der Waals surface area contributed by atoms with Gasteiger partial charge < -0.3 is 5.11 Å². The second-order valence-electron chi connectivity index (χ2n) is 4.57. The normalized spacial score (nSPS) is 22.7. The summed E-state index contributed by atoms with van der Waals surface area (Å²) in [6, 6.07) is 0. The molecule has 0 aliphatic heterocycles. The van der Waals surface area contributed by atoms with Crippen LogP contribution in [0.1, 0.15) is 46.5 Å². The maximum absolute atomic E-state index is 10.0. The van der Waals surface area contributed by atoms with E-state index in [4.69, 9.17) is 0 Å². The molecule has 76 valence electrons. The summed E-state index contributed by atoms with van der Waals surface area (Å²) in [6.45, 7) is 6.50. The summed E-state index contributed by atoms with van der Waals surface area (Å²) in [6.07, 6.45) is 6.88. The van der Waals surface area contributed by atoms with Crippen molar-refractivity contribution in [2.45, 2.75) is 52.6 Å². The summed E-state index contributed by atoms with van der Waals surface area (Å²) < 4.78 is 0. The van der Waals surface area contributed by atoms with Gasteiger partial charge in [0.15, 0.2) is 0 Å². The zero-order valence-corrected chi connectivity index (χ0v) is 9.09. The quantitative estimate of drug-likeness (QED) is 0.665. The van der Waals surface area contributed by atoms with Gasteiger partial charge in [0.2, 0.25) is 0 Å². The fraction of sp³-hybridized carbons (Fsp3) is 0.833. The van der Waals surface area contributed by atoms with E-state index in [0.717, 1.165) is 12.8 Å². The molecule has 1 aliphatic rings. The van der Waals surface area contributed by atoms with E-state index in [1.807, 2.05) is 0 Å². The van der Waals surface area contributed by atoms with Crippen LogP contribution in [0.5, 0.6) is 0 Å². The molecular weight excluding hydrogens is 160 g/mol. The average Bonchev–Trinajstić information content (AvgIpc) is 2.17. The second-order valence-corrected chi connectivity index (χ2v) is 4.57. The predicted octanol–water partition coefficient (Wildman–Crippen LogP) is 3.14. The van der Waals surface area contributed by atoms with Crippen molar-refractivity contribution < 1.29 is 5.11 Å². The Morgan fingerprint density at radius 3 is 2.38 bits per heavy atom. The van der Waals surface area contributed by atoms with Crippen LogP contribution in [0.2, 0.25) is 0 Å². The van der Waals surface area contributed by atoms with E-state index >= 15 is 0 Å². The van der Waals surface area contributed by atoms with Crippen LogP contribution in [0, 0.1) is 11.8 Å². The molecule has 0 amide bonds. The zero-order valence-electron chi connectivity index (χ0n) is 9.09. The van der Waals surface area contributed by atoms with Gasteiger partial charge in [-0.2, -0.15) is 0 Å². The van der Waals surface area contributed by atoms with Crippen LogP contribution in [0.15, 0.2) is 11.6 Å². The van der Waals surface area contributed by atoms with Gasteiger partial charge in [-0.25, -0.2) is 0 Å². The van der Waals surface area contributed by atoms with Crippen LogP contribution in [0.4, 0.5) is 0 Å². The van der Waals surface area contributed by atoms with Gasteiger partial charge in [0, 0.05) is 0 Å².